The number of hydrogen-bond acceptors (Lipinski definition) is 3. The van der Waals surface area contributed by atoms with Gasteiger partial charge in [-0.3, -0.25) is 9.48 Å². The van der Waals surface area contributed by atoms with Crippen LogP contribution in [0.1, 0.15) is 35.7 Å². The van der Waals surface area contributed by atoms with Gasteiger partial charge in [-0.15, -0.1) is 0 Å². The van der Waals surface area contributed by atoms with Crippen LogP contribution in [0.25, 0.3) is 21.9 Å². The van der Waals surface area contributed by atoms with E-state index < -0.39 is 0 Å². The highest BCUT2D eigenvalue weighted by molar-refractivity contribution is 6.10. The summed E-state index contributed by atoms with van der Waals surface area (Å²) in [4.78, 5) is 17.6. The van der Waals surface area contributed by atoms with Gasteiger partial charge in [-0.05, 0) is 55.3 Å². The molecule has 0 atom stereocenters. The van der Waals surface area contributed by atoms with E-state index in [4.69, 9.17) is 0 Å². The fraction of sp³-hybridized carbons (Fsp3) is 0.391. The Morgan fingerprint density at radius 2 is 1.82 bits per heavy atom. The monoisotopic (exact) mass is 374 g/mol. The van der Waals surface area contributed by atoms with Gasteiger partial charge in [0.1, 0.15) is 0 Å². The van der Waals surface area contributed by atoms with Crippen LogP contribution in [0.2, 0.25) is 0 Å². The van der Waals surface area contributed by atoms with Crippen molar-refractivity contribution in [3.8, 4) is 11.1 Å². The maximum absolute atomic E-state index is 13.3. The van der Waals surface area contributed by atoms with Gasteiger partial charge in [0, 0.05) is 37.0 Å². The zero-order valence-corrected chi connectivity index (χ0v) is 16.3. The predicted octanol–water partition coefficient (Wildman–Crippen LogP) is 3.82. The molecule has 2 fully saturated rings. The quantitative estimate of drug-likeness (QED) is 0.700. The number of nitrogens with zero attached hydrogens (tertiary/aromatic N) is 4. The molecule has 5 rings (SSSR count). The van der Waals surface area contributed by atoms with Crippen LogP contribution in [0, 0.1) is 0 Å². The Morgan fingerprint density at radius 3 is 2.68 bits per heavy atom. The number of aromatic nitrogens is 2. The Bertz CT molecular complexity index is 1020. The van der Waals surface area contributed by atoms with E-state index in [0.29, 0.717) is 6.04 Å². The number of likely N-dealkylation sites (N-methyl/N-ethyl adjacent to an activating group) is 1. The van der Waals surface area contributed by atoms with Crippen LogP contribution in [0.5, 0.6) is 0 Å². The lowest BCUT2D eigenvalue weighted by atomic mass is 9.96. The van der Waals surface area contributed by atoms with Crippen molar-refractivity contribution in [3.63, 3.8) is 0 Å². The van der Waals surface area contributed by atoms with Crippen LogP contribution in [0.4, 0.5) is 0 Å². The first-order valence-corrected chi connectivity index (χ1v) is 10.2. The number of carbonyl (C=O) groups is 1. The molecule has 3 aromatic rings. The minimum absolute atomic E-state index is 0.145. The molecule has 2 aromatic carbocycles. The molecule has 28 heavy (non-hydrogen) atoms. The van der Waals surface area contributed by atoms with Gasteiger partial charge in [0.05, 0.1) is 12.2 Å². The van der Waals surface area contributed by atoms with Gasteiger partial charge < -0.3 is 9.80 Å². The highest BCUT2D eigenvalue weighted by Gasteiger charge is 2.25. The second kappa shape index (κ2) is 7.06. The number of amides is 1. The summed E-state index contributed by atoms with van der Waals surface area (Å²) in [5, 5.41) is 6.70. The number of rotatable bonds is 3. The molecular weight excluding hydrogens is 348 g/mol. The molecule has 0 N–H and O–H groups in total. The third kappa shape index (κ3) is 3.20. The van der Waals surface area contributed by atoms with E-state index in [1.165, 1.54) is 12.8 Å². The molecule has 144 valence electrons. The highest BCUT2D eigenvalue weighted by Crippen LogP contribution is 2.36. The van der Waals surface area contributed by atoms with Gasteiger partial charge in [-0.1, -0.05) is 30.3 Å². The van der Waals surface area contributed by atoms with Gasteiger partial charge in [-0.2, -0.15) is 5.10 Å². The molecule has 5 heteroatoms. The summed E-state index contributed by atoms with van der Waals surface area (Å²) in [6, 6.07) is 12.9. The van der Waals surface area contributed by atoms with E-state index in [1.807, 2.05) is 23.2 Å². The topological polar surface area (TPSA) is 41.4 Å². The normalized spacial score (nSPS) is 18.4. The van der Waals surface area contributed by atoms with Crippen molar-refractivity contribution >= 4 is 16.7 Å². The standard InChI is InChI=1S/C23H26N4O/c1-25-11-4-12-26(14-13-25)23(28)22-8-3-6-20-19(5-2-7-21(20)22)17-15-24-27(16-17)18-9-10-18/h2-3,5-8,15-16,18H,4,9-14H2,1H3. The average molecular weight is 374 g/mol. The number of benzene rings is 2. The highest BCUT2D eigenvalue weighted by atomic mass is 16.2. The summed E-state index contributed by atoms with van der Waals surface area (Å²) in [6.07, 6.45) is 7.57. The maximum atomic E-state index is 13.3. The summed E-state index contributed by atoms with van der Waals surface area (Å²) in [5.74, 6) is 0.145. The third-order valence-corrected chi connectivity index (χ3v) is 5.99. The summed E-state index contributed by atoms with van der Waals surface area (Å²) >= 11 is 0. The average Bonchev–Trinajstić information content (AvgIpc) is 3.49. The molecule has 1 saturated heterocycles. The molecule has 0 spiro atoms. The Balaban J connectivity index is 1.52. The summed E-state index contributed by atoms with van der Waals surface area (Å²) in [6.45, 7) is 3.60. The molecular formula is C23H26N4O. The third-order valence-electron chi connectivity index (χ3n) is 5.99. The minimum Gasteiger partial charge on any atom is -0.337 e. The van der Waals surface area contributed by atoms with E-state index in [0.717, 1.165) is 60.1 Å². The zero-order valence-electron chi connectivity index (χ0n) is 16.3. The van der Waals surface area contributed by atoms with Crippen molar-refractivity contribution < 1.29 is 4.79 Å². The second-order valence-corrected chi connectivity index (χ2v) is 8.10. The van der Waals surface area contributed by atoms with Crippen LogP contribution in [-0.4, -0.2) is 58.7 Å². The Kier molecular flexibility index (Phi) is 4.40. The van der Waals surface area contributed by atoms with Crippen molar-refractivity contribution in [1.29, 1.82) is 0 Å². The van der Waals surface area contributed by atoms with Crippen molar-refractivity contribution in [2.45, 2.75) is 25.3 Å². The number of fused-ring (bicyclic) bond motifs is 1. The molecule has 0 bridgehead atoms. The minimum atomic E-state index is 0.145. The molecule has 1 aliphatic carbocycles. The fourth-order valence-electron chi connectivity index (χ4n) is 4.18. The van der Waals surface area contributed by atoms with E-state index in [2.05, 4.69) is 52.2 Å². The molecule has 0 unspecified atom stereocenters. The molecule has 2 heterocycles. The Labute approximate surface area is 165 Å². The molecule has 2 aliphatic rings. The summed E-state index contributed by atoms with van der Waals surface area (Å²) < 4.78 is 2.08. The van der Waals surface area contributed by atoms with Crippen LogP contribution in [-0.2, 0) is 0 Å². The maximum Gasteiger partial charge on any atom is 0.254 e. The summed E-state index contributed by atoms with van der Waals surface area (Å²) in [5.41, 5.74) is 3.08. The first-order chi connectivity index (χ1) is 13.7. The lowest BCUT2D eigenvalue weighted by molar-refractivity contribution is 0.0765. The van der Waals surface area contributed by atoms with E-state index in [-0.39, 0.29) is 5.91 Å². The van der Waals surface area contributed by atoms with Gasteiger partial charge in [0.25, 0.3) is 5.91 Å². The van der Waals surface area contributed by atoms with Gasteiger partial charge in [0.15, 0.2) is 0 Å². The number of carbonyl (C=O) groups excluding carboxylic acids is 1. The van der Waals surface area contributed by atoms with Crippen molar-refractivity contribution in [2.75, 3.05) is 33.2 Å². The van der Waals surface area contributed by atoms with Crippen LogP contribution < -0.4 is 0 Å². The summed E-state index contributed by atoms with van der Waals surface area (Å²) in [7, 11) is 2.12. The molecule has 1 saturated carbocycles. The smallest absolute Gasteiger partial charge is 0.254 e. The van der Waals surface area contributed by atoms with Gasteiger partial charge >= 0.3 is 0 Å². The zero-order chi connectivity index (χ0) is 19.1. The first-order valence-electron chi connectivity index (χ1n) is 10.2. The predicted molar refractivity (Wildman–Crippen MR) is 111 cm³/mol. The lowest BCUT2D eigenvalue weighted by Gasteiger charge is -2.21. The Hall–Kier alpha value is -2.66. The van der Waals surface area contributed by atoms with Crippen LogP contribution in [0.3, 0.4) is 0 Å². The van der Waals surface area contributed by atoms with E-state index in [9.17, 15) is 4.79 Å². The molecule has 1 aromatic heterocycles. The van der Waals surface area contributed by atoms with Gasteiger partial charge in [-0.25, -0.2) is 0 Å². The van der Waals surface area contributed by atoms with Crippen molar-refractivity contribution in [3.05, 3.63) is 54.4 Å². The molecule has 0 radical (unpaired) electrons. The second-order valence-electron chi connectivity index (χ2n) is 8.10. The van der Waals surface area contributed by atoms with E-state index in [1.54, 1.807) is 0 Å². The fourth-order valence-corrected chi connectivity index (χ4v) is 4.18. The van der Waals surface area contributed by atoms with E-state index >= 15 is 0 Å². The molecule has 1 amide bonds. The molecule has 5 nitrogen and oxygen atoms in total. The van der Waals surface area contributed by atoms with Gasteiger partial charge in [0.2, 0.25) is 0 Å². The Morgan fingerprint density at radius 1 is 1.00 bits per heavy atom. The number of hydrogen-bond donors (Lipinski definition) is 0. The molecule has 1 aliphatic heterocycles. The SMILES string of the molecule is CN1CCCN(C(=O)c2cccc3c(-c4cnn(C5CC5)c4)cccc23)CC1. The lowest BCUT2D eigenvalue weighted by Crippen LogP contribution is -2.34. The van der Waals surface area contributed by atoms with Crippen LogP contribution >= 0.6 is 0 Å². The van der Waals surface area contributed by atoms with Crippen molar-refractivity contribution in [2.24, 2.45) is 0 Å². The van der Waals surface area contributed by atoms with Crippen molar-refractivity contribution in [1.82, 2.24) is 19.6 Å². The van der Waals surface area contributed by atoms with Crippen LogP contribution in [0.15, 0.2) is 48.8 Å². The first kappa shape index (κ1) is 17.4. The largest absolute Gasteiger partial charge is 0.337 e.